The molecule has 0 spiro atoms. The Bertz CT molecular complexity index is 766. The van der Waals surface area contributed by atoms with Crippen LogP contribution in [0.1, 0.15) is 24.6 Å². The van der Waals surface area contributed by atoms with Crippen molar-refractivity contribution in [1.29, 1.82) is 0 Å². The minimum Gasteiger partial charge on any atom is -0.493 e. The molecule has 1 aromatic heterocycles. The third kappa shape index (κ3) is 1.97. The van der Waals surface area contributed by atoms with Gasteiger partial charge in [0.15, 0.2) is 0 Å². The van der Waals surface area contributed by atoms with Crippen molar-refractivity contribution in [3.05, 3.63) is 46.0 Å². The lowest BCUT2D eigenvalue weighted by Crippen LogP contribution is -2.15. The topological polar surface area (TPSA) is 70.4 Å². The molecule has 3 rings (SSSR count). The highest BCUT2D eigenvalue weighted by Gasteiger charge is 2.15. The van der Waals surface area contributed by atoms with E-state index in [9.17, 15) is 9.90 Å². The van der Waals surface area contributed by atoms with Gasteiger partial charge < -0.3 is 10.1 Å². The number of imidazole rings is 1. The molecule has 2 aromatic rings. The van der Waals surface area contributed by atoms with Crippen molar-refractivity contribution in [2.75, 3.05) is 0 Å². The van der Waals surface area contributed by atoms with Crippen molar-refractivity contribution in [3.63, 3.8) is 0 Å². The van der Waals surface area contributed by atoms with Crippen LogP contribution in [0.4, 0.5) is 5.69 Å². The van der Waals surface area contributed by atoms with Gasteiger partial charge in [0.2, 0.25) is 5.88 Å². The molecule has 0 unspecified atom stereocenters. The smallest absolute Gasteiger partial charge is 0.328 e. The Hall–Kier alpha value is -2.56. The number of allylic oxidation sites excluding steroid dienone is 1. The number of aromatic nitrogens is 2. The van der Waals surface area contributed by atoms with E-state index in [1.807, 2.05) is 31.2 Å². The zero-order valence-electron chi connectivity index (χ0n) is 11.1. The van der Waals surface area contributed by atoms with Crippen molar-refractivity contribution < 1.29 is 5.11 Å². The summed E-state index contributed by atoms with van der Waals surface area (Å²) in [6, 6.07) is 7.76. The van der Waals surface area contributed by atoms with Gasteiger partial charge in [-0.3, -0.25) is 9.56 Å². The number of hydrogen-bond donors (Lipinski definition) is 2. The number of nitrogens with zero attached hydrogens (tertiary/aromatic N) is 2. The third-order valence-electron chi connectivity index (χ3n) is 3.29. The summed E-state index contributed by atoms with van der Waals surface area (Å²) in [4.78, 5) is 18.7. The molecule has 20 heavy (non-hydrogen) atoms. The van der Waals surface area contributed by atoms with Crippen molar-refractivity contribution in [2.45, 2.75) is 19.9 Å². The maximum Gasteiger partial charge on any atom is 0.328 e. The maximum atomic E-state index is 11.8. The molecule has 0 bridgehead atoms. The number of rotatable bonds is 3. The van der Waals surface area contributed by atoms with Crippen molar-refractivity contribution in [3.8, 4) is 5.88 Å². The molecule has 0 amide bonds. The van der Waals surface area contributed by atoms with E-state index in [0.717, 1.165) is 23.2 Å². The van der Waals surface area contributed by atoms with Crippen LogP contribution in [0.3, 0.4) is 0 Å². The van der Waals surface area contributed by atoms with Gasteiger partial charge in [0.05, 0.1) is 5.69 Å². The summed E-state index contributed by atoms with van der Waals surface area (Å²) >= 11 is 0. The molecule has 1 aliphatic heterocycles. The molecule has 5 nitrogen and oxygen atoms in total. The number of aromatic amines is 1. The molecule has 0 aliphatic carbocycles. The van der Waals surface area contributed by atoms with Crippen LogP contribution in [0, 0.1) is 0 Å². The molecule has 0 radical (unpaired) electrons. The fourth-order valence-electron chi connectivity index (χ4n) is 2.32. The van der Waals surface area contributed by atoms with E-state index in [-0.39, 0.29) is 11.6 Å². The summed E-state index contributed by atoms with van der Waals surface area (Å²) in [5, 5.41) is 10.1. The largest absolute Gasteiger partial charge is 0.493 e. The Kier molecular flexibility index (Phi) is 3.02. The molecule has 1 aliphatic rings. The van der Waals surface area contributed by atoms with Gasteiger partial charge in [-0.05, 0) is 18.6 Å². The second kappa shape index (κ2) is 4.85. The summed E-state index contributed by atoms with van der Waals surface area (Å²) < 4.78 is 1.34. The minimum absolute atomic E-state index is 0.0258. The van der Waals surface area contributed by atoms with Gasteiger partial charge in [-0.25, -0.2) is 4.79 Å². The second-order valence-corrected chi connectivity index (χ2v) is 4.69. The number of aromatic hydroxyl groups is 1. The quantitative estimate of drug-likeness (QED) is 0.899. The highest BCUT2D eigenvalue weighted by Crippen LogP contribution is 2.32. The van der Waals surface area contributed by atoms with Crippen LogP contribution >= 0.6 is 0 Å². The molecule has 2 heterocycles. The molecule has 0 fully saturated rings. The Labute approximate surface area is 115 Å². The Morgan fingerprint density at radius 1 is 1.40 bits per heavy atom. The number of aliphatic imine (C=N–C) groups is 1. The van der Waals surface area contributed by atoms with Crippen molar-refractivity contribution >= 4 is 23.6 Å². The summed E-state index contributed by atoms with van der Waals surface area (Å²) in [5.41, 5.74) is 2.89. The lowest BCUT2D eigenvalue weighted by atomic mass is 10.1. The van der Waals surface area contributed by atoms with Crippen LogP contribution in [-0.4, -0.2) is 20.9 Å². The first-order valence-electron chi connectivity index (χ1n) is 6.57. The number of hydrogen-bond acceptors (Lipinski definition) is 3. The van der Waals surface area contributed by atoms with E-state index in [4.69, 9.17) is 0 Å². The predicted molar refractivity (Wildman–Crippen MR) is 79.5 cm³/mol. The van der Waals surface area contributed by atoms with Gasteiger partial charge in [0.1, 0.15) is 5.69 Å². The van der Waals surface area contributed by atoms with E-state index in [2.05, 4.69) is 9.98 Å². The molecule has 102 valence electrons. The number of nitrogens with one attached hydrogen (secondary N) is 1. The lowest BCUT2D eigenvalue weighted by molar-refractivity contribution is 0.411. The first kappa shape index (κ1) is 12.5. The van der Waals surface area contributed by atoms with Gasteiger partial charge in [-0.1, -0.05) is 25.1 Å². The van der Waals surface area contributed by atoms with Gasteiger partial charge >= 0.3 is 5.69 Å². The van der Waals surface area contributed by atoms with Crippen LogP contribution in [0.5, 0.6) is 5.88 Å². The summed E-state index contributed by atoms with van der Waals surface area (Å²) in [6.07, 6.45) is 4.27. The molecular weight excluding hydrogens is 254 g/mol. The highest BCUT2D eigenvalue weighted by molar-refractivity contribution is 6.21. The average molecular weight is 269 g/mol. The van der Waals surface area contributed by atoms with Crippen LogP contribution in [0.15, 0.2) is 34.1 Å². The van der Waals surface area contributed by atoms with Crippen molar-refractivity contribution in [1.82, 2.24) is 9.55 Å². The normalized spacial score (nSPS) is 14.9. The first-order valence-corrected chi connectivity index (χ1v) is 6.57. The lowest BCUT2D eigenvalue weighted by Gasteiger charge is -2.00. The Balaban J connectivity index is 2.05. The van der Waals surface area contributed by atoms with E-state index in [1.165, 1.54) is 4.57 Å². The zero-order chi connectivity index (χ0) is 14.1. The molecule has 0 atom stereocenters. The number of benzene rings is 1. The summed E-state index contributed by atoms with van der Waals surface area (Å²) in [7, 11) is 0. The standard InChI is InChI=1S/C15H15N3O2/c1-2-7-18-14(19)13(17-15(18)20)8-10-9-16-12-6-4-3-5-11(10)12/h3-6,8-9,19H,2,7H2,1H3,(H,17,20). The summed E-state index contributed by atoms with van der Waals surface area (Å²) in [5.74, 6) is -0.0258. The number of H-pyrrole nitrogens is 1. The van der Waals surface area contributed by atoms with Crippen LogP contribution in [-0.2, 0) is 6.54 Å². The van der Waals surface area contributed by atoms with Gasteiger partial charge in [-0.2, -0.15) is 0 Å². The fraction of sp³-hybridized carbons (Fsp3) is 0.200. The van der Waals surface area contributed by atoms with Crippen LogP contribution < -0.4 is 5.69 Å². The molecule has 2 N–H and O–H groups in total. The monoisotopic (exact) mass is 269 g/mol. The molecule has 0 saturated heterocycles. The van der Waals surface area contributed by atoms with Gasteiger partial charge in [0.25, 0.3) is 0 Å². The number of para-hydroxylation sites is 1. The molecule has 5 heteroatoms. The first-order chi connectivity index (χ1) is 9.70. The molecule has 1 aromatic carbocycles. The fourth-order valence-corrected chi connectivity index (χ4v) is 2.32. The third-order valence-corrected chi connectivity index (χ3v) is 3.29. The van der Waals surface area contributed by atoms with E-state index in [0.29, 0.717) is 12.2 Å². The zero-order valence-corrected chi connectivity index (χ0v) is 11.1. The Morgan fingerprint density at radius 3 is 3.00 bits per heavy atom. The van der Waals surface area contributed by atoms with Crippen LogP contribution in [0.2, 0.25) is 0 Å². The molecule has 0 saturated carbocycles. The number of fused-ring (bicyclic) bond motifs is 1. The average Bonchev–Trinajstić information content (AvgIpc) is 2.97. The maximum absolute atomic E-state index is 11.8. The second-order valence-electron chi connectivity index (χ2n) is 4.69. The van der Waals surface area contributed by atoms with E-state index >= 15 is 0 Å². The van der Waals surface area contributed by atoms with Crippen LogP contribution in [0.25, 0.3) is 11.6 Å². The van der Waals surface area contributed by atoms with Gasteiger partial charge in [-0.15, -0.1) is 0 Å². The van der Waals surface area contributed by atoms with Gasteiger partial charge in [0, 0.05) is 23.9 Å². The SMILES string of the molecule is CCCn1c(O)c(C=C2C=Nc3ccccc32)[nH]c1=O. The molecular formula is C15H15N3O2. The highest BCUT2D eigenvalue weighted by atomic mass is 16.3. The predicted octanol–water partition coefficient (Wildman–Crippen LogP) is 2.55. The van der Waals surface area contributed by atoms with E-state index < -0.39 is 0 Å². The summed E-state index contributed by atoms with van der Waals surface area (Å²) in [6.45, 7) is 2.45. The Morgan fingerprint density at radius 2 is 2.20 bits per heavy atom. The van der Waals surface area contributed by atoms with Crippen molar-refractivity contribution in [2.24, 2.45) is 4.99 Å². The minimum atomic E-state index is -0.292. The van der Waals surface area contributed by atoms with E-state index in [1.54, 1.807) is 12.3 Å².